The fraction of sp³-hybridized carbons (Fsp3) is 0.667. The highest BCUT2D eigenvalue weighted by molar-refractivity contribution is 14.0. The molecule has 0 aromatic carbocycles. The number of hydrogen-bond donors (Lipinski definition) is 2. The fourth-order valence-corrected chi connectivity index (χ4v) is 2.90. The van der Waals surface area contributed by atoms with Gasteiger partial charge in [0.15, 0.2) is 5.96 Å². The van der Waals surface area contributed by atoms with E-state index in [1.54, 1.807) is 7.05 Å². The van der Waals surface area contributed by atoms with Gasteiger partial charge in [-0.3, -0.25) is 9.98 Å². The number of aliphatic imine (C=N–C) groups is 1. The molecule has 136 valence electrons. The highest BCUT2D eigenvalue weighted by Gasteiger charge is 2.12. The van der Waals surface area contributed by atoms with Crippen LogP contribution in [0, 0.1) is 6.92 Å². The van der Waals surface area contributed by atoms with Gasteiger partial charge in [-0.2, -0.15) is 0 Å². The topological polar surface area (TPSA) is 58.5 Å². The lowest BCUT2D eigenvalue weighted by molar-refractivity contribution is 0.0468. The van der Waals surface area contributed by atoms with Crippen LogP contribution in [0.3, 0.4) is 0 Å². The van der Waals surface area contributed by atoms with Crippen molar-refractivity contribution >= 4 is 29.9 Å². The zero-order valence-corrected chi connectivity index (χ0v) is 17.2. The van der Waals surface area contributed by atoms with Crippen molar-refractivity contribution in [3.8, 4) is 0 Å². The molecule has 0 atom stereocenters. The summed E-state index contributed by atoms with van der Waals surface area (Å²) in [6.07, 6.45) is 10.0. The van der Waals surface area contributed by atoms with Crippen molar-refractivity contribution in [1.82, 2.24) is 15.6 Å². The first-order valence-corrected chi connectivity index (χ1v) is 8.76. The van der Waals surface area contributed by atoms with E-state index in [4.69, 9.17) is 4.74 Å². The van der Waals surface area contributed by atoms with Gasteiger partial charge in [0.2, 0.25) is 0 Å². The van der Waals surface area contributed by atoms with Crippen molar-refractivity contribution < 1.29 is 4.74 Å². The standard InChI is InChI=1S/C18H30N4O.HI/c1-15-8-7-11-20-17(15)14-22-18(19-2)21-12-13-23-16-9-5-3-4-6-10-16;/h7-8,11,16H,3-6,9-10,12-14H2,1-2H3,(H2,19,21,22);1H. The number of hydrogen-bond acceptors (Lipinski definition) is 3. The molecular formula is C18H31IN4O. The van der Waals surface area contributed by atoms with E-state index in [-0.39, 0.29) is 24.0 Å². The van der Waals surface area contributed by atoms with Crippen LogP contribution in [0.1, 0.15) is 49.8 Å². The van der Waals surface area contributed by atoms with Crippen LogP contribution in [0.2, 0.25) is 0 Å². The summed E-state index contributed by atoms with van der Waals surface area (Å²) in [5.41, 5.74) is 2.23. The number of halogens is 1. The van der Waals surface area contributed by atoms with Crippen LogP contribution in [-0.4, -0.2) is 37.2 Å². The summed E-state index contributed by atoms with van der Waals surface area (Å²) in [4.78, 5) is 8.62. The molecule has 1 aliphatic carbocycles. The molecule has 0 amide bonds. The molecule has 1 aliphatic rings. The molecule has 1 saturated carbocycles. The number of aromatic nitrogens is 1. The molecule has 1 fully saturated rings. The van der Waals surface area contributed by atoms with Crippen molar-refractivity contribution in [2.75, 3.05) is 20.2 Å². The minimum Gasteiger partial charge on any atom is -0.376 e. The first kappa shape index (κ1) is 21.2. The van der Waals surface area contributed by atoms with E-state index in [2.05, 4.69) is 33.6 Å². The molecule has 0 saturated heterocycles. The number of nitrogens with zero attached hydrogens (tertiary/aromatic N) is 2. The smallest absolute Gasteiger partial charge is 0.191 e. The number of rotatable bonds is 6. The van der Waals surface area contributed by atoms with Crippen LogP contribution in [0.4, 0.5) is 0 Å². The van der Waals surface area contributed by atoms with Gasteiger partial charge in [-0.1, -0.05) is 31.7 Å². The zero-order valence-electron chi connectivity index (χ0n) is 14.9. The summed E-state index contributed by atoms with van der Waals surface area (Å²) in [5, 5.41) is 6.60. The summed E-state index contributed by atoms with van der Waals surface area (Å²) in [5.74, 6) is 0.791. The largest absolute Gasteiger partial charge is 0.376 e. The van der Waals surface area contributed by atoms with Crippen molar-refractivity contribution in [3.63, 3.8) is 0 Å². The van der Waals surface area contributed by atoms with Gasteiger partial charge in [-0.25, -0.2) is 0 Å². The van der Waals surface area contributed by atoms with Gasteiger partial charge < -0.3 is 15.4 Å². The molecule has 0 spiro atoms. The Balaban J connectivity index is 0.00000288. The van der Waals surface area contributed by atoms with Crippen LogP contribution >= 0.6 is 24.0 Å². The van der Waals surface area contributed by atoms with E-state index in [1.165, 1.54) is 44.1 Å². The van der Waals surface area contributed by atoms with Crippen molar-refractivity contribution in [1.29, 1.82) is 0 Å². The number of aryl methyl sites for hydroxylation is 1. The molecule has 6 heteroatoms. The Morgan fingerprint density at radius 2 is 2.00 bits per heavy atom. The third kappa shape index (κ3) is 7.79. The molecular weight excluding hydrogens is 415 g/mol. The molecule has 1 aromatic heterocycles. The summed E-state index contributed by atoms with van der Waals surface area (Å²) in [7, 11) is 1.78. The van der Waals surface area contributed by atoms with E-state index >= 15 is 0 Å². The second-order valence-electron chi connectivity index (χ2n) is 6.10. The third-order valence-corrected chi connectivity index (χ3v) is 4.32. The van der Waals surface area contributed by atoms with Gasteiger partial charge >= 0.3 is 0 Å². The number of pyridine rings is 1. The normalized spacial score (nSPS) is 16.2. The van der Waals surface area contributed by atoms with E-state index in [9.17, 15) is 0 Å². The maximum atomic E-state index is 5.98. The highest BCUT2D eigenvalue weighted by Crippen LogP contribution is 2.19. The predicted octanol–water partition coefficient (Wildman–Crippen LogP) is 3.41. The summed E-state index contributed by atoms with van der Waals surface area (Å²) in [6, 6.07) is 4.03. The fourth-order valence-electron chi connectivity index (χ4n) is 2.90. The minimum absolute atomic E-state index is 0. The van der Waals surface area contributed by atoms with Crippen LogP contribution in [0.25, 0.3) is 0 Å². The first-order chi connectivity index (χ1) is 11.3. The molecule has 0 aliphatic heterocycles. The summed E-state index contributed by atoms with van der Waals surface area (Å²) in [6.45, 7) is 4.25. The lowest BCUT2D eigenvalue weighted by Gasteiger charge is -2.17. The molecule has 0 radical (unpaired) electrons. The van der Waals surface area contributed by atoms with Gasteiger partial charge in [-0.05, 0) is 31.4 Å². The first-order valence-electron chi connectivity index (χ1n) is 8.76. The number of ether oxygens (including phenoxy) is 1. The van der Waals surface area contributed by atoms with Crippen LogP contribution in [0.5, 0.6) is 0 Å². The second-order valence-corrected chi connectivity index (χ2v) is 6.10. The molecule has 0 unspecified atom stereocenters. The van der Waals surface area contributed by atoms with Crippen molar-refractivity contribution in [3.05, 3.63) is 29.6 Å². The lowest BCUT2D eigenvalue weighted by atomic mass is 10.1. The van der Waals surface area contributed by atoms with Crippen molar-refractivity contribution in [2.24, 2.45) is 4.99 Å². The lowest BCUT2D eigenvalue weighted by Crippen LogP contribution is -2.39. The van der Waals surface area contributed by atoms with Gasteiger partial charge in [-0.15, -0.1) is 24.0 Å². The Morgan fingerprint density at radius 1 is 1.25 bits per heavy atom. The maximum absolute atomic E-state index is 5.98. The summed E-state index contributed by atoms with van der Waals surface area (Å²) < 4.78 is 5.98. The average molecular weight is 446 g/mol. The van der Waals surface area contributed by atoms with E-state index < -0.39 is 0 Å². The quantitative estimate of drug-likeness (QED) is 0.231. The average Bonchev–Trinajstić information content (AvgIpc) is 2.84. The number of nitrogens with one attached hydrogen (secondary N) is 2. The highest BCUT2D eigenvalue weighted by atomic mass is 127. The Hall–Kier alpha value is -0.890. The SMILES string of the molecule is CN=C(NCCOC1CCCCCC1)NCc1ncccc1C.I. The molecule has 24 heavy (non-hydrogen) atoms. The van der Waals surface area contributed by atoms with E-state index in [1.807, 2.05) is 12.3 Å². The minimum atomic E-state index is 0. The van der Waals surface area contributed by atoms with Crippen LogP contribution in [-0.2, 0) is 11.3 Å². The Labute approximate surface area is 163 Å². The van der Waals surface area contributed by atoms with Gasteiger partial charge in [0.25, 0.3) is 0 Å². The molecule has 1 aromatic rings. The van der Waals surface area contributed by atoms with Gasteiger partial charge in [0, 0.05) is 19.8 Å². The van der Waals surface area contributed by atoms with Gasteiger partial charge in [0.1, 0.15) is 0 Å². The molecule has 1 heterocycles. The number of guanidine groups is 1. The van der Waals surface area contributed by atoms with E-state index in [0.29, 0.717) is 12.6 Å². The molecule has 2 N–H and O–H groups in total. The van der Waals surface area contributed by atoms with Crippen molar-refractivity contribution in [2.45, 2.75) is 58.1 Å². The maximum Gasteiger partial charge on any atom is 0.191 e. The predicted molar refractivity (Wildman–Crippen MR) is 110 cm³/mol. The Morgan fingerprint density at radius 3 is 2.67 bits per heavy atom. The Kier molecular flexibility index (Phi) is 11.0. The Bertz CT molecular complexity index is 488. The monoisotopic (exact) mass is 446 g/mol. The summed E-state index contributed by atoms with van der Waals surface area (Å²) >= 11 is 0. The van der Waals surface area contributed by atoms with Crippen LogP contribution < -0.4 is 10.6 Å². The third-order valence-electron chi connectivity index (χ3n) is 4.32. The van der Waals surface area contributed by atoms with Crippen LogP contribution in [0.15, 0.2) is 23.3 Å². The molecule has 0 bridgehead atoms. The molecule has 2 rings (SSSR count). The van der Waals surface area contributed by atoms with E-state index in [0.717, 1.165) is 24.8 Å². The molecule has 5 nitrogen and oxygen atoms in total. The zero-order chi connectivity index (χ0) is 16.3. The second kappa shape index (κ2) is 12.5. The van der Waals surface area contributed by atoms with Gasteiger partial charge in [0.05, 0.1) is 24.9 Å².